The topological polar surface area (TPSA) is 142 Å². The average molecular weight is 518 g/mol. The van der Waals surface area contributed by atoms with Crippen molar-refractivity contribution in [1.29, 1.82) is 0 Å². The van der Waals surface area contributed by atoms with Gasteiger partial charge in [0.25, 0.3) is 11.8 Å². The minimum atomic E-state index is -0.643. The zero-order valence-corrected chi connectivity index (χ0v) is 21.1. The Morgan fingerprint density at radius 1 is 1.19 bits per heavy atom. The maximum atomic E-state index is 12.9. The summed E-state index contributed by atoms with van der Waals surface area (Å²) in [6.07, 6.45) is 5.88. The third-order valence-corrected chi connectivity index (χ3v) is 5.77. The number of carbonyl (C=O) groups is 2. The molecule has 2 heterocycles. The molecule has 4 rings (SSSR count). The van der Waals surface area contributed by atoms with Gasteiger partial charge in [-0.2, -0.15) is 0 Å². The Labute approximate surface area is 216 Å². The highest BCUT2D eigenvalue weighted by molar-refractivity contribution is 5.98. The third kappa shape index (κ3) is 9.69. The molecule has 2 aromatic rings. The Kier molecular flexibility index (Phi) is 11.2. The first-order chi connectivity index (χ1) is 17.9. The van der Waals surface area contributed by atoms with Crippen molar-refractivity contribution in [2.75, 3.05) is 31.2 Å². The second-order valence-corrected chi connectivity index (χ2v) is 8.96. The largest absolute Gasteiger partial charge is 0.490 e. The molecule has 37 heavy (non-hydrogen) atoms. The molecule has 0 bridgehead atoms. The van der Waals surface area contributed by atoms with Gasteiger partial charge in [-0.25, -0.2) is 4.39 Å². The highest BCUT2D eigenvalue weighted by atomic mass is 19.1. The minimum Gasteiger partial charge on any atom is -0.490 e. The number of primary amides is 1. The van der Waals surface area contributed by atoms with Crippen molar-refractivity contribution in [2.24, 2.45) is 11.6 Å². The van der Waals surface area contributed by atoms with E-state index in [0.29, 0.717) is 50.3 Å². The summed E-state index contributed by atoms with van der Waals surface area (Å²) in [7, 11) is 0. The van der Waals surface area contributed by atoms with Crippen molar-refractivity contribution in [2.45, 2.75) is 57.3 Å². The van der Waals surface area contributed by atoms with E-state index in [0.717, 1.165) is 25.7 Å². The molecule has 1 aliphatic carbocycles. The number of hydrogen-bond donors (Lipinski definition) is 3. The lowest BCUT2D eigenvalue weighted by atomic mass is 10.1. The molecule has 5 N–H and O–H groups in total. The molecule has 1 aromatic heterocycles. The van der Waals surface area contributed by atoms with Crippen LogP contribution in [0, 0.1) is 5.82 Å². The molecular formula is C26H36FN5O5. The number of amides is 2. The van der Waals surface area contributed by atoms with Gasteiger partial charge in [0.05, 0.1) is 18.8 Å². The molecular weight excluding hydrogens is 481 g/mol. The number of hydrogen-bond acceptors (Lipinski definition) is 8. The van der Waals surface area contributed by atoms with Crippen LogP contribution in [0.4, 0.5) is 10.1 Å². The average Bonchev–Trinajstić information content (AvgIpc) is 3.59. The molecule has 0 radical (unpaired) electrons. The molecule has 10 nitrogen and oxygen atoms in total. The van der Waals surface area contributed by atoms with Gasteiger partial charge >= 0.3 is 0 Å². The SMILES string of the molecule is CC1CCC(C(=O)N(CCOCCCNN)c2ccnc(C(N)=O)c2)O1.Fc1cccc(OC2CC2)c1. The molecule has 1 saturated heterocycles. The van der Waals surface area contributed by atoms with Crippen LogP contribution in [0.3, 0.4) is 0 Å². The van der Waals surface area contributed by atoms with E-state index < -0.39 is 12.0 Å². The molecule has 2 aliphatic rings. The Morgan fingerprint density at radius 2 is 2.00 bits per heavy atom. The first kappa shape index (κ1) is 28.5. The number of benzene rings is 1. The van der Waals surface area contributed by atoms with Crippen molar-refractivity contribution >= 4 is 17.5 Å². The molecule has 1 saturated carbocycles. The molecule has 1 aromatic carbocycles. The van der Waals surface area contributed by atoms with Crippen molar-refractivity contribution in [3.63, 3.8) is 0 Å². The van der Waals surface area contributed by atoms with Gasteiger partial charge in [-0.1, -0.05) is 6.07 Å². The number of rotatable bonds is 12. The lowest BCUT2D eigenvalue weighted by molar-refractivity contribution is -0.129. The maximum Gasteiger partial charge on any atom is 0.267 e. The minimum absolute atomic E-state index is 0.0597. The van der Waals surface area contributed by atoms with Crippen LogP contribution in [-0.2, 0) is 14.3 Å². The number of carbonyl (C=O) groups excluding carboxylic acids is 2. The summed E-state index contributed by atoms with van der Waals surface area (Å²) in [5.74, 6) is 4.83. The van der Waals surface area contributed by atoms with E-state index in [9.17, 15) is 14.0 Å². The Balaban J connectivity index is 0.000000284. The van der Waals surface area contributed by atoms with Gasteiger partial charge < -0.3 is 24.8 Å². The van der Waals surface area contributed by atoms with Crippen molar-refractivity contribution in [1.82, 2.24) is 10.4 Å². The van der Waals surface area contributed by atoms with E-state index in [1.54, 1.807) is 23.1 Å². The van der Waals surface area contributed by atoms with Crippen molar-refractivity contribution < 1.29 is 28.2 Å². The van der Waals surface area contributed by atoms with E-state index >= 15 is 0 Å². The Hall–Kier alpha value is -3.12. The monoisotopic (exact) mass is 517 g/mol. The van der Waals surface area contributed by atoms with Gasteiger partial charge in [-0.05, 0) is 63.3 Å². The summed E-state index contributed by atoms with van der Waals surface area (Å²) in [6, 6.07) is 9.45. The fourth-order valence-corrected chi connectivity index (χ4v) is 3.70. The first-order valence-corrected chi connectivity index (χ1v) is 12.5. The van der Waals surface area contributed by atoms with Crippen LogP contribution in [0.1, 0.15) is 49.5 Å². The predicted molar refractivity (Wildman–Crippen MR) is 136 cm³/mol. The van der Waals surface area contributed by atoms with Crippen LogP contribution >= 0.6 is 0 Å². The van der Waals surface area contributed by atoms with Gasteiger partial charge in [-0.15, -0.1) is 0 Å². The van der Waals surface area contributed by atoms with Gasteiger partial charge in [0.1, 0.15) is 23.4 Å². The number of pyridine rings is 1. The standard InChI is InChI=1S/C17H27N5O4.C9H9FO/c1-12-3-4-15(26-12)17(24)22(8-10-25-9-2-6-21-19)13-5-7-20-14(11-13)16(18)23;10-7-2-1-3-9(6-7)11-8-4-5-8/h5,7,11-12,15,21H,2-4,6,8-10,19H2,1H3,(H2,18,23);1-3,6,8H,4-5H2. The second-order valence-electron chi connectivity index (χ2n) is 8.96. The van der Waals surface area contributed by atoms with Gasteiger partial charge in [0, 0.05) is 37.6 Å². The van der Waals surface area contributed by atoms with Crippen molar-refractivity contribution in [3.05, 3.63) is 54.1 Å². The number of hydrazine groups is 1. The lowest BCUT2D eigenvalue weighted by Gasteiger charge is -2.26. The van der Waals surface area contributed by atoms with Crippen LogP contribution < -0.4 is 26.6 Å². The summed E-state index contributed by atoms with van der Waals surface area (Å²) in [5.41, 5.74) is 8.51. The van der Waals surface area contributed by atoms with E-state index in [1.165, 1.54) is 24.4 Å². The Morgan fingerprint density at radius 3 is 2.65 bits per heavy atom. The van der Waals surface area contributed by atoms with E-state index in [2.05, 4.69) is 10.4 Å². The fourth-order valence-electron chi connectivity index (χ4n) is 3.70. The smallest absolute Gasteiger partial charge is 0.267 e. The number of nitrogens with zero attached hydrogens (tertiary/aromatic N) is 2. The highest BCUT2D eigenvalue weighted by Crippen LogP contribution is 2.27. The lowest BCUT2D eigenvalue weighted by Crippen LogP contribution is -2.41. The predicted octanol–water partition coefficient (Wildman–Crippen LogP) is 2.32. The molecule has 2 unspecified atom stereocenters. The van der Waals surface area contributed by atoms with Crippen LogP contribution in [0.5, 0.6) is 5.75 Å². The third-order valence-electron chi connectivity index (χ3n) is 5.77. The van der Waals surface area contributed by atoms with Crippen LogP contribution in [-0.4, -0.2) is 61.4 Å². The highest BCUT2D eigenvalue weighted by Gasteiger charge is 2.32. The van der Waals surface area contributed by atoms with Crippen molar-refractivity contribution in [3.8, 4) is 5.75 Å². The molecule has 1 aliphatic heterocycles. The number of anilines is 1. The number of nitrogens with two attached hydrogens (primary N) is 2. The van der Waals surface area contributed by atoms with Gasteiger partial charge in [-0.3, -0.25) is 25.8 Å². The quantitative estimate of drug-likeness (QED) is 0.221. The van der Waals surface area contributed by atoms with E-state index in [-0.39, 0.29) is 23.5 Å². The van der Waals surface area contributed by atoms with Gasteiger partial charge in [0.15, 0.2) is 0 Å². The number of aromatic nitrogens is 1. The summed E-state index contributed by atoms with van der Waals surface area (Å²) in [4.78, 5) is 29.8. The van der Waals surface area contributed by atoms with E-state index in [4.69, 9.17) is 25.8 Å². The normalized spacial score (nSPS) is 18.6. The van der Waals surface area contributed by atoms with Crippen LogP contribution in [0.25, 0.3) is 0 Å². The fraction of sp³-hybridized carbons (Fsp3) is 0.500. The number of nitrogens with one attached hydrogen (secondary N) is 1. The molecule has 2 amide bonds. The zero-order chi connectivity index (χ0) is 26.6. The van der Waals surface area contributed by atoms with Crippen LogP contribution in [0.15, 0.2) is 42.6 Å². The number of ether oxygens (including phenoxy) is 3. The van der Waals surface area contributed by atoms with Crippen LogP contribution in [0.2, 0.25) is 0 Å². The summed E-state index contributed by atoms with van der Waals surface area (Å²) in [6.45, 7) is 3.83. The molecule has 11 heteroatoms. The molecule has 0 spiro atoms. The number of halogens is 1. The summed E-state index contributed by atoms with van der Waals surface area (Å²) < 4.78 is 29.2. The molecule has 202 valence electrons. The van der Waals surface area contributed by atoms with Gasteiger partial charge in [0.2, 0.25) is 0 Å². The zero-order valence-electron chi connectivity index (χ0n) is 21.1. The Bertz CT molecular complexity index is 1020. The molecule has 2 fully saturated rings. The second kappa shape index (κ2) is 14.6. The first-order valence-electron chi connectivity index (χ1n) is 12.5. The summed E-state index contributed by atoms with van der Waals surface area (Å²) >= 11 is 0. The summed E-state index contributed by atoms with van der Waals surface area (Å²) in [5, 5.41) is 0. The van der Waals surface area contributed by atoms with E-state index in [1.807, 2.05) is 6.92 Å². The maximum absolute atomic E-state index is 12.9. The molecule has 2 atom stereocenters.